The summed E-state index contributed by atoms with van der Waals surface area (Å²) in [5, 5.41) is 12.8. The number of benzene rings is 1. The third kappa shape index (κ3) is 4.78. The molecule has 0 radical (unpaired) electrons. The zero-order valence-corrected chi connectivity index (χ0v) is 18.5. The van der Waals surface area contributed by atoms with Crippen molar-refractivity contribution in [2.24, 2.45) is 0 Å². The van der Waals surface area contributed by atoms with Gasteiger partial charge in [0.05, 0.1) is 34.4 Å². The van der Waals surface area contributed by atoms with Crippen LogP contribution in [0.15, 0.2) is 55.0 Å². The number of aromatic nitrogens is 5. The minimum Gasteiger partial charge on any atom is -0.309 e. The number of hydrogen-bond donors (Lipinski definition) is 1. The maximum Gasteiger partial charge on any atom is 0.230 e. The molecule has 0 spiro atoms. The molecule has 0 aliphatic carbocycles. The fraction of sp³-hybridized carbons (Fsp3) is 0.182. The third-order valence-electron chi connectivity index (χ3n) is 4.90. The van der Waals surface area contributed by atoms with Crippen LogP contribution in [-0.4, -0.2) is 30.5 Å². The van der Waals surface area contributed by atoms with Crippen LogP contribution in [0.4, 0.5) is 5.82 Å². The summed E-state index contributed by atoms with van der Waals surface area (Å²) in [4.78, 5) is 16.8. The molecule has 1 N–H and O–H groups in total. The molecule has 3 aromatic heterocycles. The van der Waals surface area contributed by atoms with Gasteiger partial charge in [-0.3, -0.25) is 14.5 Å². The standard InChI is InChI=1S/C22H20Cl2N6O/c1-14-18(15(2)30(27-14)17-5-6-19(23)20(24)10-17)11-22(31)26-21-7-9-29(28-21)13-16-4-3-8-25-12-16/h3-10,12H,11,13H2,1-2H3,(H,26,28,31). The van der Waals surface area contributed by atoms with Crippen molar-refractivity contribution in [3.63, 3.8) is 0 Å². The first-order valence-electron chi connectivity index (χ1n) is 9.63. The van der Waals surface area contributed by atoms with E-state index in [0.717, 1.165) is 28.2 Å². The molecule has 0 atom stereocenters. The highest BCUT2D eigenvalue weighted by molar-refractivity contribution is 6.42. The van der Waals surface area contributed by atoms with Gasteiger partial charge < -0.3 is 5.32 Å². The number of anilines is 1. The van der Waals surface area contributed by atoms with Crippen LogP contribution >= 0.6 is 23.2 Å². The van der Waals surface area contributed by atoms with E-state index >= 15 is 0 Å². The van der Waals surface area contributed by atoms with Gasteiger partial charge in [-0.25, -0.2) is 4.68 Å². The molecule has 158 valence electrons. The van der Waals surface area contributed by atoms with Crippen LogP contribution < -0.4 is 5.32 Å². The number of rotatable bonds is 6. The zero-order valence-electron chi connectivity index (χ0n) is 17.0. The van der Waals surface area contributed by atoms with Gasteiger partial charge >= 0.3 is 0 Å². The molecule has 0 saturated heterocycles. The van der Waals surface area contributed by atoms with Crippen LogP contribution in [0, 0.1) is 13.8 Å². The second kappa shape index (κ2) is 8.91. The summed E-state index contributed by atoms with van der Waals surface area (Å²) < 4.78 is 3.52. The Morgan fingerprint density at radius 1 is 1.10 bits per heavy atom. The van der Waals surface area contributed by atoms with Crippen LogP contribution in [0.3, 0.4) is 0 Å². The summed E-state index contributed by atoms with van der Waals surface area (Å²) in [5.41, 5.74) is 4.33. The largest absolute Gasteiger partial charge is 0.309 e. The van der Waals surface area contributed by atoms with Crippen molar-refractivity contribution in [1.82, 2.24) is 24.5 Å². The van der Waals surface area contributed by atoms with Gasteiger partial charge in [0.25, 0.3) is 0 Å². The predicted molar refractivity (Wildman–Crippen MR) is 121 cm³/mol. The number of halogens is 2. The highest BCUT2D eigenvalue weighted by atomic mass is 35.5. The van der Waals surface area contributed by atoms with E-state index in [1.807, 2.05) is 38.2 Å². The Labute approximate surface area is 189 Å². The number of nitrogens with one attached hydrogen (secondary N) is 1. The molecule has 0 fully saturated rings. The number of hydrogen-bond acceptors (Lipinski definition) is 4. The summed E-state index contributed by atoms with van der Waals surface area (Å²) in [6.07, 6.45) is 5.53. The Bertz CT molecular complexity index is 1230. The molecule has 1 amide bonds. The maximum atomic E-state index is 12.7. The van der Waals surface area contributed by atoms with Crippen LogP contribution in [-0.2, 0) is 17.8 Å². The molecule has 0 aliphatic heterocycles. The molecule has 9 heteroatoms. The molecule has 0 bridgehead atoms. The van der Waals surface area contributed by atoms with Gasteiger partial charge in [0.1, 0.15) is 0 Å². The van der Waals surface area contributed by atoms with Gasteiger partial charge in [-0.05, 0) is 43.7 Å². The second-order valence-electron chi connectivity index (χ2n) is 7.14. The van der Waals surface area contributed by atoms with Crippen molar-refractivity contribution in [2.75, 3.05) is 5.32 Å². The van der Waals surface area contributed by atoms with Crippen LogP contribution in [0.1, 0.15) is 22.5 Å². The zero-order chi connectivity index (χ0) is 22.0. The van der Waals surface area contributed by atoms with Gasteiger partial charge in [0.15, 0.2) is 5.82 Å². The van der Waals surface area contributed by atoms with E-state index in [2.05, 4.69) is 20.5 Å². The lowest BCUT2D eigenvalue weighted by Crippen LogP contribution is -2.16. The van der Waals surface area contributed by atoms with E-state index in [-0.39, 0.29) is 12.3 Å². The molecular formula is C22H20Cl2N6O. The van der Waals surface area contributed by atoms with Gasteiger partial charge in [0, 0.05) is 35.9 Å². The Morgan fingerprint density at radius 3 is 2.68 bits per heavy atom. The maximum absolute atomic E-state index is 12.7. The Kier molecular flexibility index (Phi) is 6.06. The first-order chi connectivity index (χ1) is 14.9. The predicted octanol–water partition coefficient (Wildman–Crippen LogP) is 4.62. The highest BCUT2D eigenvalue weighted by Crippen LogP contribution is 2.26. The number of carbonyl (C=O) groups excluding carboxylic acids is 1. The third-order valence-corrected chi connectivity index (χ3v) is 5.64. The number of amides is 1. The number of pyridine rings is 1. The lowest BCUT2D eigenvalue weighted by molar-refractivity contribution is -0.115. The first kappa shape index (κ1) is 21.1. The molecule has 0 unspecified atom stereocenters. The van der Waals surface area contributed by atoms with Crippen LogP contribution in [0.2, 0.25) is 10.0 Å². The SMILES string of the molecule is Cc1nn(-c2ccc(Cl)c(Cl)c2)c(C)c1CC(=O)Nc1ccn(Cc2cccnc2)n1. The lowest BCUT2D eigenvalue weighted by atomic mass is 10.1. The summed E-state index contributed by atoms with van der Waals surface area (Å²) in [7, 11) is 0. The number of nitrogens with zero attached hydrogens (tertiary/aromatic N) is 5. The van der Waals surface area contributed by atoms with Gasteiger partial charge in [-0.2, -0.15) is 10.2 Å². The van der Waals surface area contributed by atoms with Crippen molar-refractivity contribution in [3.8, 4) is 5.69 Å². The minimum atomic E-state index is -0.161. The van der Waals surface area contributed by atoms with Gasteiger partial charge in [0.2, 0.25) is 5.91 Å². The van der Waals surface area contributed by atoms with Gasteiger partial charge in [-0.15, -0.1) is 0 Å². The first-order valence-corrected chi connectivity index (χ1v) is 10.4. The fourth-order valence-electron chi connectivity index (χ4n) is 3.34. The van der Waals surface area contributed by atoms with Crippen molar-refractivity contribution < 1.29 is 4.79 Å². The summed E-state index contributed by atoms with van der Waals surface area (Å²) in [6.45, 7) is 4.39. The molecule has 3 heterocycles. The number of carbonyl (C=O) groups is 1. The molecule has 0 saturated carbocycles. The molecule has 4 aromatic rings. The van der Waals surface area contributed by atoms with E-state index in [1.165, 1.54) is 0 Å². The average molecular weight is 455 g/mol. The van der Waals surface area contributed by atoms with Crippen molar-refractivity contribution >= 4 is 34.9 Å². The van der Waals surface area contributed by atoms with E-state index in [4.69, 9.17) is 23.2 Å². The quantitative estimate of drug-likeness (QED) is 0.461. The lowest BCUT2D eigenvalue weighted by Gasteiger charge is -2.07. The number of aryl methyl sites for hydroxylation is 1. The van der Waals surface area contributed by atoms with Crippen molar-refractivity contribution in [1.29, 1.82) is 0 Å². The Balaban J connectivity index is 1.45. The van der Waals surface area contributed by atoms with Gasteiger partial charge in [-0.1, -0.05) is 29.3 Å². The second-order valence-corrected chi connectivity index (χ2v) is 7.96. The summed E-state index contributed by atoms with van der Waals surface area (Å²) in [5.74, 6) is 0.340. The monoisotopic (exact) mass is 454 g/mol. The summed E-state index contributed by atoms with van der Waals surface area (Å²) in [6, 6.07) is 10.9. The smallest absolute Gasteiger partial charge is 0.230 e. The average Bonchev–Trinajstić information content (AvgIpc) is 3.29. The van der Waals surface area contributed by atoms with E-state index in [0.29, 0.717) is 22.4 Å². The summed E-state index contributed by atoms with van der Waals surface area (Å²) >= 11 is 12.2. The molecular weight excluding hydrogens is 435 g/mol. The normalized spacial score (nSPS) is 11.0. The minimum absolute atomic E-state index is 0.161. The Morgan fingerprint density at radius 2 is 1.94 bits per heavy atom. The molecule has 7 nitrogen and oxygen atoms in total. The topological polar surface area (TPSA) is 77.6 Å². The van der Waals surface area contributed by atoms with E-state index in [1.54, 1.807) is 40.0 Å². The van der Waals surface area contributed by atoms with Crippen molar-refractivity contribution in [2.45, 2.75) is 26.8 Å². The van der Waals surface area contributed by atoms with Crippen molar-refractivity contribution in [3.05, 3.63) is 87.5 Å². The molecule has 31 heavy (non-hydrogen) atoms. The van der Waals surface area contributed by atoms with E-state index in [9.17, 15) is 4.79 Å². The highest BCUT2D eigenvalue weighted by Gasteiger charge is 2.17. The fourth-order valence-corrected chi connectivity index (χ4v) is 3.63. The van der Waals surface area contributed by atoms with Crippen LogP contribution in [0.5, 0.6) is 0 Å². The Hall–Kier alpha value is -3.16. The molecule has 4 rings (SSSR count). The van der Waals surface area contributed by atoms with E-state index < -0.39 is 0 Å². The van der Waals surface area contributed by atoms with Crippen LogP contribution in [0.25, 0.3) is 5.69 Å². The molecule has 1 aromatic carbocycles. The molecule has 0 aliphatic rings.